The summed E-state index contributed by atoms with van der Waals surface area (Å²) < 4.78 is 0. The number of hydrogen-bond donors (Lipinski definition) is 1. The third-order valence-electron chi connectivity index (χ3n) is 4.07. The fraction of sp³-hybridized carbons (Fsp3) is 0.625. The van der Waals surface area contributed by atoms with Crippen molar-refractivity contribution >= 4 is 0 Å². The molecule has 2 rings (SSSR count). The van der Waals surface area contributed by atoms with Gasteiger partial charge in [0, 0.05) is 5.54 Å². The Hall–Kier alpha value is -0.820. The summed E-state index contributed by atoms with van der Waals surface area (Å²) in [5, 5.41) is 0. The molecule has 0 spiro atoms. The molecule has 0 aromatic heterocycles. The van der Waals surface area contributed by atoms with Gasteiger partial charge in [-0.1, -0.05) is 57.4 Å². The van der Waals surface area contributed by atoms with E-state index in [0.29, 0.717) is 0 Å². The molecule has 2 unspecified atom stereocenters. The Morgan fingerprint density at radius 2 is 2.24 bits per heavy atom. The van der Waals surface area contributed by atoms with E-state index in [-0.39, 0.29) is 5.54 Å². The zero-order valence-corrected chi connectivity index (χ0v) is 11.2. The zero-order chi connectivity index (χ0) is 12.3. The number of nitrogens with two attached hydrogens (primary N) is 1. The highest BCUT2D eigenvalue weighted by Gasteiger charge is 2.32. The Morgan fingerprint density at radius 3 is 2.94 bits per heavy atom. The van der Waals surface area contributed by atoms with Crippen LogP contribution in [0.3, 0.4) is 0 Å². The Morgan fingerprint density at radius 1 is 1.41 bits per heavy atom. The van der Waals surface area contributed by atoms with E-state index >= 15 is 0 Å². The lowest BCUT2D eigenvalue weighted by atomic mass is 9.73. The summed E-state index contributed by atoms with van der Waals surface area (Å²) in [5.74, 6) is 0.767. The number of aryl methyl sites for hydroxylation is 1. The van der Waals surface area contributed by atoms with Crippen LogP contribution < -0.4 is 5.73 Å². The summed E-state index contributed by atoms with van der Waals surface area (Å²) >= 11 is 0. The molecule has 2 N–H and O–H groups in total. The highest BCUT2D eigenvalue weighted by molar-refractivity contribution is 5.30. The second kappa shape index (κ2) is 5.22. The molecule has 1 aromatic rings. The average molecular weight is 231 g/mol. The standard InChI is InChI=1S/C16H25N/c1-3-6-14-8-4-9-15(11-14)16(17)10-5-7-13(2)12-16/h4,8-9,11,13H,3,5-7,10,12,17H2,1-2H3. The van der Waals surface area contributed by atoms with E-state index in [1.54, 1.807) is 0 Å². The summed E-state index contributed by atoms with van der Waals surface area (Å²) in [6, 6.07) is 8.95. The first-order valence-electron chi connectivity index (χ1n) is 7.02. The lowest BCUT2D eigenvalue weighted by Crippen LogP contribution is -2.41. The highest BCUT2D eigenvalue weighted by atomic mass is 14.7. The highest BCUT2D eigenvalue weighted by Crippen LogP contribution is 2.37. The molecule has 1 heteroatoms. The number of rotatable bonds is 3. The largest absolute Gasteiger partial charge is 0.321 e. The van der Waals surface area contributed by atoms with Crippen LogP contribution in [0.25, 0.3) is 0 Å². The van der Waals surface area contributed by atoms with Crippen molar-refractivity contribution in [3.63, 3.8) is 0 Å². The molecule has 1 aliphatic rings. The molecule has 0 saturated heterocycles. The van der Waals surface area contributed by atoms with Crippen molar-refractivity contribution in [2.45, 2.75) is 57.9 Å². The quantitative estimate of drug-likeness (QED) is 0.836. The molecular weight excluding hydrogens is 206 g/mol. The van der Waals surface area contributed by atoms with Crippen LogP contribution in [0.2, 0.25) is 0 Å². The van der Waals surface area contributed by atoms with E-state index in [4.69, 9.17) is 5.73 Å². The van der Waals surface area contributed by atoms with Gasteiger partial charge < -0.3 is 5.73 Å². The maximum atomic E-state index is 6.64. The van der Waals surface area contributed by atoms with E-state index in [1.165, 1.54) is 36.8 Å². The van der Waals surface area contributed by atoms with Gasteiger partial charge in [-0.25, -0.2) is 0 Å². The van der Waals surface area contributed by atoms with Crippen LogP contribution in [0.15, 0.2) is 24.3 Å². The van der Waals surface area contributed by atoms with Gasteiger partial charge in [0.2, 0.25) is 0 Å². The Bertz CT molecular complexity index is 372. The van der Waals surface area contributed by atoms with Crippen molar-refractivity contribution in [2.75, 3.05) is 0 Å². The van der Waals surface area contributed by atoms with Crippen LogP contribution in [0, 0.1) is 5.92 Å². The Labute approximate surface area is 105 Å². The summed E-state index contributed by atoms with van der Waals surface area (Å²) in [7, 11) is 0. The normalized spacial score (nSPS) is 29.2. The van der Waals surface area contributed by atoms with Gasteiger partial charge in [0.25, 0.3) is 0 Å². The fourth-order valence-electron chi connectivity index (χ4n) is 3.18. The molecule has 1 nitrogen and oxygen atoms in total. The van der Waals surface area contributed by atoms with E-state index in [0.717, 1.165) is 18.8 Å². The van der Waals surface area contributed by atoms with Gasteiger partial charge in [0.15, 0.2) is 0 Å². The van der Waals surface area contributed by atoms with Crippen molar-refractivity contribution in [3.05, 3.63) is 35.4 Å². The van der Waals surface area contributed by atoms with Gasteiger partial charge in [-0.05, 0) is 36.3 Å². The molecule has 2 atom stereocenters. The van der Waals surface area contributed by atoms with Gasteiger partial charge in [-0.2, -0.15) is 0 Å². The van der Waals surface area contributed by atoms with Gasteiger partial charge in [-0.3, -0.25) is 0 Å². The van der Waals surface area contributed by atoms with Crippen LogP contribution in [-0.4, -0.2) is 0 Å². The van der Waals surface area contributed by atoms with Crippen LogP contribution in [0.5, 0.6) is 0 Å². The first-order chi connectivity index (χ1) is 8.14. The molecule has 1 aromatic carbocycles. The molecular formula is C16H25N. The predicted octanol–water partition coefficient (Wildman–Crippen LogP) is 4.00. The third kappa shape index (κ3) is 2.90. The lowest BCUT2D eigenvalue weighted by Gasteiger charge is -2.37. The van der Waals surface area contributed by atoms with Gasteiger partial charge in [-0.15, -0.1) is 0 Å². The van der Waals surface area contributed by atoms with Crippen LogP contribution in [0.1, 0.15) is 57.1 Å². The number of benzene rings is 1. The lowest BCUT2D eigenvalue weighted by molar-refractivity contribution is 0.239. The molecule has 0 bridgehead atoms. The molecule has 0 radical (unpaired) electrons. The van der Waals surface area contributed by atoms with Crippen molar-refractivity contribution < 1.29 is 0 Å². The topological polar surface area (TPSA) is 26.0 Å². The molecule has 17 heavy (non-hydrogen) atoms. The number of hydrogen-bond acceptors (Lipinski definition) is 1. The smallest absolute Gasteiger partial charge is 0.0412 e. The van der Waals surface area contributed by atoms with E-state index in [2.05, 4.69) is 38.1 Å². The van der Waals surface area contributed by atoms with E-state index < -0.39 is 0 Å². The molecule has 0 aliphatic heterocycles. The second-order valence-corrected chi connectivity index (χ2v) is 5.81. The maximum Gasteiger partial charge on any atom is 0.0412 e. The van der Waals surface area contributed by atoms with Crippen LogP contribution >= 0.6 is 0 Å². The fourth-order valence-corrected chi connectivity index (χ4v) is 3.18. The van der Waals surface area contributed by atoms with E-state index in [9.17, 15) is 0 Å². The minimum atomic E-state index is -0.0680. The first kappa shape index (κ1) is 12.6. The van der Waals surface area contributed by atoms with Crippen molar-refractivity contribution in [1.29, 1.82) is 0 Å². The van der Waals surface area contributed by atoms with Crippen molar-refractivity contribution in [2.24, 2.45) is 11.7 Å². The monoisotopic (exact) mass is 231 g/mol. The third-order valence-corrected chi connectivity index (χ3v) is 4.07. The zero-order valence-electron chi connectivity index (χ0n) is 11.2. The van der Waals surface area contributed by atoms with Gasteiger partial charge in [0.05, 0.1) is 0 Å². The van der Waals surface area contributed by atoms with Crippen LogP contribution in [0.4, 0.5) is 0 Å². The Kier molecular flexibility index (Phi) is 3.88. The molecule has 1 saturated carbocycles. The molecule has 0 heterocycles. The summed E-state index contributed by atoms with van der Waals surface area (Å²) in [6.45, 7) is 4.56. The minimum absolute atomic E-state index is 0.0680. The van der Waals surface area contributed by atoms with Crippen molar-refractivity contribution in [3.8, 4) is 0 Å². The average Bonchev–Trinajstić information content (AvgIpc) is 2.29. The minimum Gasteiger partial charge on any atom is -0.321 e. The molecule has 1 aliphatic carbocycles. The Balaban J connectivity index is 2.22. The molecule has 94 valence electrons. The maximum absolute atomic E-state index is 6.64. The summed E-state index contributed by atoms with van der Waals surface area (Å²) in [5.41, 5.74) is 9.36. The second-order valence-electron chi connectivity index (χ2n) is 5.81. The summed E-state index contributed by atoms with van der Waals surface area (Å²) in [6.07, 6.45) is 7.27. The van der Waals surface area contributed by atoms with E-state index in [1.807, 2.05) is 0 Å². The first-order valence-corrected chi connectivity index (χ1v) is 7.02. The summed E-state index contributed by atoms with van der Waals surface area (Å²) in [4.78, 5) is 0. The van der Waals surface area contributed by atoms with Crippen LogP contribution in [-0.2, 0) is 12.0 Å². The van der Waals surface area contributed by atoms with Gasteiger partial charge >= 0.3 is 0 Å². The molecule has 0 amide bonds. The molecule has 1 fully saturated rings. The SMILES string of the molecule is CCCc1cccc(C2(N)CCCC(C)C2)c1. The van der Waals surface area contributed by atoms with Crippen molar-refractivity contribution in [1.82, 2.24) is 0 Å². The van der Waals surface area contributed by atoms with Gasteiger partial charge in [0.1, 0.15) is 0 Å². The predicted molar refractivity (Wildman–Crippen MR) is 73.9 cm³/mol.